The summed E-state index contributed by atoms with van der Waals surface area (Å²) in [7, 11) is 0. The first kappa shape index (κ1) is 22.7. The maximum atomic E-state index is 5.80. The van der Waals surface area contributed by atoms with E-state index in [-0.39, 0.29) is 10.8 Å². The molecule has 0 aliphatic rings. The van der Waals surface area contributed by atoms with Gasteiger partial charge in [0.1, 0.15) is 11.5 Å². The highest BCUT2D eigenvalue weighted by molar-refractivity contribution is 5.36. The van der Waals surface area contributed by atoms with Gasteiger partial charge in [0.05, 0.1) is 0 Å². The Balaban J connectivity index is 0.000000234. The van der Waals surface area contributed by atoms with Gasteiger partial charge in [-0.1, -0.05) is 101 Å². The zero-order valence-electron chi connectivity index (χ0n) is 19.3. The molecule has 0 saturated carbocycles. The second-order valence-electron chi connectivity index (χ2n) is 9.81. The predicted molar refractivity (Wildman–Crippen MR) is 126 cm³/mol. The number of aryl methyl sites for hydroxylation is 2. The van der Waals surface area contributed by atoms with Crippen molar-refractivity contribution in [3.8, 4) is 11.5 Å². The summed E-state index contributed by atoms with van der Waals surface area (Å²) in [6.07, 6.45) is 0. The van der Waals surface area contributed by atoms with Gasteiger partial charge in [0.2, 0.25) is 0 Å². The third-order valence-corrected chi connectivity index (χ3v) is 4.89. The Morgan fingerprint density at radius 3 is 1.07 bits per heavy atom. The molecule has 0 spiro atoms. The van der Waals surface area contributed by atoms with E-state index in [9.17, 15) is 0 Å². The molecule has 1 heteroatoms. The summed E-state index contributed by atoms with van der Waals surface area (Å²) in [6, 6.07) is 25.2. The highest BCUT2D eigenvalue weighted by atomic mass is 16.5. The first-order valence-corrected chi connectivity index (χ1v) is 10.4. The monoisotopic (exact) mass is 388 g/mol. The van der Waals surface area contributed by atoms with E-state index in [1.807, 2.05) is 24.3 Å². The summed E-state index contributed by atoms with van der Waals surface area (Å²) >= 11 is 0. The van der Waals surface area contributed by atoms with E-state index >= 15 is 0 Å². The number of hydrogen-bond donors (Lipinski definition) is 0. The summed E-state index contributed by atoms with van der Waals surface area (Å²) in [4.78, 5) is 0. The molecule has 0 N–H and O–H groups in total. The van der Waals surface area contributed by atoms with Crippen molar-refractivity contribution in [3.63, 3.8) is 0 Å². The summed E-state index contributed by atoms with van der Waals surface area (Å²) in [5.41, 5.74) is 5.76. The van der Waals surface area contributed by atoms with Crippen LogP contribution < -0.4 is 4.74 Å². The van der Waals surface area contributed by atoms with Gasteiger partial charge in [-0.15, -0.1) is 0 Å². The average molecular weight is 389 g/mol. The van der Waals surface area contributed by atoms with Crippen LogP contribution in [0.4, 0.5) is 0 Å². The van der Waals surface area contributed by atoms with E-state index in [2.05, 4.69) is 104 Å². The van der Waals surface area contributed by atoms with Gasteiger partial charge in [0.25, 0.3) is 0 Å². The highest BCUT2D eigenvalue weighted by Gasteiger charge is 2.13. The van der Waals surface area contributed by atoms with Crippen LogP contribution >= 0.6 is 0 Å². The lowest BCUT2D eigenvalue weighted by Gasteiger charge is -2.19. The molecule has 0 unspecified atom stereocenters. The lowest BCUT2D eigenvalue weighted by molar-refractivity contribution is 0.481. The van der Waals surface area contributed by atoms with Crippen LogP contribution in [0.15, 0.2) is 72.8 Å². The standard InChI is InChI=1S/C17H20O.C11H16/c1-13-5-9-15(10-6-13)18-16-11-7-14(8-12-16)17(2,3)4;1-9-5-7-10(8-6-9)11(2,3)4/h5-12H,1-4H3;5-8H,1-4H3. The number of benzene rings is 3. The molecule has 0 amide bonds. The molecule has 0 aliphatic heterocycles. The van der Waals surface area contributed by atoms with Crippen LogP contribution in [0.5, 0.6) is 11.5 Å². The van der Waals surface area contributed by atoms with E-state index in [4.69, 9.17) is 4.74 Å². The van der Waals surface area contributed by atoms with Gasteiger partial charge in [0.15, 0.2) is 0 Å². The molecule has 0 aromatic heterocycles. The molecular formula is C28H36O. The van der Waals surface area contributed by atoms with Crippen LogP contribution in [0.2, 0.25) is 0 Å². The largest absolute Gasteiger partial charge is 0.457 e. The molecular weight excluding hydrogens is 352 g/mol. The lowest BCUT2D eigenvalue weighted by atomic mass is 9.87. The normalized spacial score (nSPS) is 11.4. The van der Waals surface area contributed by atoms with Crippen LogP contribution in [0.25, 0.3) is 0 Å². The molecule has 0 bridgehead atoms. The van der Waals surface area contributed by atoms with Crippen molar-refractivity contribution in [2.24, 2.45) is 0 Å². The lowest BCUT2D eigenvalue weighted by Crippen LogP contribution is -2.10. The van der Waals surface area contributed by atoms with Crippen LogP contribution in [0.3, 0.4) is 0 Å². The third-order valence-electron chi connectivity index (χ3n) is 4.89. The van der Waals surface area contributed by atoms with Crippen molar-refractivity contribution in [1.82, 2.24) is 0 Å². The second-order valence-corrected chi connectivity index (χ2v) is 9.81. The molecule has 1 nitrogen and oxygen atoms in total. The average Bonchev–Trinajstić information content (AvgIpc) is 2.63. The Morgan fingerprint density at radius 2 is 0.724 bits per heavy atom. The quantitative estimate of drug-likeness (QED) is 0.428. The number of rotatable bonds is 2. The topological polar surface area (TPSA) is 9.23 Å². The Hall–Kier alpha value is -2.54. The van der Waals surface area contributed by atoms with Crippen molar-refractivity contribution in [3.05, 3.63) is 95.1 Å². The van der Waals surface area contributed by atoms with Crippen LogP contribution in [0, 0.1) is 13.8 Å². The molecule has 0 fully saturated rings. The van der Waals surface area contributed by atoms with Gasteiger partial charge < -0.3 is 4.74 Å². The van der Waals surface area contributed by atoms with E-state index in [0.29, 0.717) is 0 Å². The zero-order chi connectivity index (χ0) is 21.7. The van der Waals surface area contributed by atoms with Crippen molar-refractivity contribution in [2.75, 3.05) is 0 Å². The van der Waals surface area contributed by atoms with Gasteiger partial charge in [-0.25, -0.2) is 0 Å². The Kier molecular flexibility index (Phi) is 7.30. The minimum atomic E-state index is 0.183. The fourth-order valence-electron chi connectivity index (χ4n) is 2.82. The van der Waals surface area contributed by atoms with Crippen molar-refractivity contribution >= 4 is 0 Å². The first-order valence-electron chi connectivity index (χ1n) is 10.4. The van der Waals surface area contributed by atoms with E-state index in [1.54, 1.807) is 0 Å². The molecule has 0 heterocycles. The Labute approximate surface area is 177 Å². The molecule has 3 aromatic carbocycles. The summed E-state index contributed by atoms with van der Waals surface area (Å²) in [6.45, 7) is 17.5. The third kappa shape index (κ3) is 7.42. The Bertz CT molecular complexity index is 872. The summed E-state index contributed by atoms with van der Waals surface area (Å²) in [5, 5.41) is 0. The molecule has 0 radical (unpaired) electrons. The number of ether oxygens (including phenoxy) is 1. The van der Waals surface area contributed by atoms with Gasteiger partial charge >= 0.3 is 0 Å². The second kappa shape index (κ2) is 9.31. The smallest absolute Gasteiger partial charge is 0.127 e. The summed E-state index contributed by atoms with van der Waals surface area (Å²) < 4.78 is 5.80. The maximum Gasteiger partial charge on any atom is 0.127 e. The van der Waals surface area contributed by atoms with Gasteiger partial charge in [-0.2, -0.15) is 0 Å². The molecule has 154 valence electrons. The van der Waals surface area contributed by atoms with E-state index in [0.717, 1.165) is 11.5 Å². The van der Waals surface area contributed by atoms with Crippen LogP contribution in [-0.2, 0) is 10.8 Å². The van der Waals surface area contributed by atoms with Crippen molar-refractivity contribution < 1.29 is 4.74 Å². The molecule has 0 aliphatic carbocycles. The van der Waals surface area contributed by atoms with Gasteiger partial charge in [0, 0.05) is 0 Å². The molecule has 29 heavy (non-hydrogen) atoms. The van der Waals surface area contributed by atoms with Gasteiger partial charge in [-0.3, -0.25) is 0 Å². The minimum absolute atomic E-state index is 0.183. The Morgan fingerprint density at radius 1 is 0.448 bits per heavy atom. The van der Waals surface area contributed by atoms with Crippen molar-refractivity contribution in [2.45, 2.75) is 66.2 Å². The SMILES string of the molecule is Cc1ccc(C(C)(C)C)cc1.Cc1ccc(Oc2ccc(C(C)(C)C)cc2)cc1. The molecule has 3 rings (SSSR count). The van der Waals surface area contributed by atoms with Crippen LogP contribution in [0.1, 0.15) is 63.8 Å². The summed E-state index contributed by atoms with van der Waals surface area (Å²) in [5.74, 6) is 1.76. The first-order chi connectivity index (χ1) is 13.4. The highest BCUT2D eigenvalue weighted by Crippen LogP contribution is 2.27. The molecule has 3 aromatic rings. The van der Waals surface area contributed by atoms with Crippen LogP contribution in [-0.4, -0.2) is 0 Å². The van der Waals surface area contributed by atoms with Gasteiger partial charge in [-0.05, 0) is 60.1 Å². The minimum Gasteiger partial charge on any atom is -0.457 e. The molecule has 0 saturated heterocycles. The van der Waals surface area contributed by atoms with E-state index < -0.39 is 0 Å². The predicted octanol–water partition coefficient (Wildman–Crippen LogP) is 8.38. The fraction of sp³-hybridized carbons (Fsp3) is 0.357. The molecule has 0 atom stereocenters. The van der Waals surface area contributed by atoms with Crippen molar-refractivity contribution in [1.29, 1.82) is 0 Å². The zero-order valence-corrected chi connectivity index (χ0v) is 19.3. The maximum absolute atomic E-state index is 5.80. The number of hydrogen-bond acceptors (Lipinski definition) is 1. The fourth-order valence-corrected chi connectivity index (χ4v) is 2.82. The van der Waals surface area contributed by atoms with E-state index in [1.165, 1.54) is 22.3 Å².